The fourth-order valence-electron chi connectivity index (χ4n) is 2.87. The van der Waals surface area contributed by atoms with E-state index in [-0.39, 0.29) is 0 Å². The van der Waals surface area contributed by atoms with Gasteiger partial charge in [-0.15, -0.1) is 0 Å². The number of ether oxygens (including phenoxy) is 2. The van der Waals surface area contributed by atoms with E-state index in [0.29, 0.717) is 44.4 Å². The summed E-state index contributed by atoms with van der Waals surface area (Å²) < 4.78 is 10.3. The second-order valence-corrected chi connectivity index (χ2v) is 5.39. The average Bonchev–Trinajstić information content (AvgIpc) is 2.47. The predicted octanol–water partition coefficient (Wildman–Crippen LogP) is 3.12. The van der Waals surface area contributed by atoms with Gasteiger partial charge in [-0.3, -0.25) is 4.79 Å². The number of benzene rings is 1. The summed E-state index contributed by atoms with van der Waals surface area (Å²) in [5.41, 5.74) is 2.81. The van der Waals surface area contributed by atoms with Crippen LogP contribution < -0.4 is 0 Å². The third kappa shape index (κ3) is 4.43. The number of carbonyl (C=O) groups is 1. The Morgan fingerprint density at radius 3 is 2.95 bits per heavy atom. The second-order valence-electron chi connectivity index (χ2n) is 5.39. The Kier molecular flexibility index (Phi) is 6.22. The number of carbonyl (C=O) groups excluding carboxylic acids is 1. The quantitative estimate of drug-likeness (QED) is 0.684. The summed E-state index contributed by atoms with van der Waals surface area (Å²) in [5.74, 6) is 0.718. The van der Waals surface area contributed by atoms with Gasteiger partial charge in [0.1, 0.15) is 5.78 Å². The van der Waals surface area contributed by atoms with Crippen LogP contribution in [0.5, 0.6) is 0 Å². The summed E-state index contributed by atoms with van der Waals surface area (Å²) in [6.07, 6.45) is 4.65. The lowest BCUT2D eigenvalue weighted by Gasteiger charge is -2.24. The first kappa shape index (κ1) is 15.2. The van der Waals surface area contributed by atoms with E-state index in [2.05, 4.69) is 24.3 Å². The first-order valence-corrected chi connectivity index (χ1v) is 7.47. The number of ketones is 1. The summed E-state index contributed by atoms with van der Waals surface area (Å²) in [4.78, 5) is 12.0. The van der Waals surface area contributed by atoms with Crippen molar-refractivity contribution in [3.05, 3.63) is 35.4 Å². The Labute approximate surface area is 121 Å². The van der Waals surface area contributed by atoms with Crippen molar-refractivity contribution in [1.29, 1.82) is 0 Å². The number of Topliss-reactive ketones (excluding diaryl/α,β-unsaturated/α-hetero) is 1. The average molecular weight is 276 g/mol. The molecule has 2 rings (SSSR count). The van der Waals surface area contributed by atoms with Gasteiger partial charge in [0, 0.05) is 20.0 Å². The Morgan fingerprint density at radius 2 is 2.10 bits per heavy atom. The lowest BCUT2D eigenvalue weighted by atomic mass is 9.80. The van der Waals surface area contributed by atoms with Crippen LogP contribution in [0.1, 0.15) is 42.7 Å². The largest absolute Gasteiger partial charge is 0.382 e. The molecule has 1 unspecified atom stereocenters. The van der Waals surface area contributed by atoms with Gasteiger partial charge in [-0.1, -0.05) is 24.3 Å². The van der Waals surface area contributed by atoms with Crippen LogP contribution >= 0.6 is 0 Å². The topological polar surface area (TPSA) is 35.5 Å². The van der Waals surface area contributed by atoms with Crippen LogP contribution in [0.3, 0.4) is 0 Å². The highest BCUT2D eigenvalue weighted by molar-refractivity contribution is 5.79. The summed E-state index contributed by atoms with van der Waals surface area (Å²) in [6, 6.07) is 8.55. The van der Waals surface area contributed by atoms with Crippen molar-refractivity contribution >= 4 is 5.78 Å². The number of hydrogen-bond donors (Lipinski definition) is 0. The van der Waals surface area contributed by atoms with Crippen molar-refractivity contribution in [3.63, 3.8) is 0 Å². The molecule has 1 aliphatic rings. The Hall–Kier alpha value is -1.19. The van der Waals surface area contributed by atoms with Crippen LogP contribution in [0.15, 0.2) is 24.3 Å². The number of methoxy groups -OCH3 is 1. The van der Waals surface area contributed by atoms with E-state index >= 15 is 0 Å². The molecule has 0 saturated heterocycles. The zero-order valence-electron chi connectivity index (χ0n) is 12.3. The highest BCUT2D eigenvalue weighted by Crippen LogP contribution is 2.34. The van der Waals surface area contributed by atoms with Gasteiger partial charge in [-0.05, 0) is 36.3 Å². The molecule has 0 aromatic heterocycles. The Bertz CT molecular complexity index is 428. The molecule has 3 heteroatoms. The monoisotopic (exact) mass is 276 g/mol. The van der Waals surface area contributed by atoms with Crippen molar-refractivity contribution in [2.75, 3.05) is 26.9 Å². The normalized spacial score (nSPS) is 17.8. The molecule has 0 N–H and O–H groups in total. The molecule has 0 fully saturated rings. The van der Waals surface area contributed by atoms with Gasteiger partial charge in [0.15, 0.2) is 0 Å². The van der Waals surface area contributed by atoms with Gasteiger partial charge in [-0.2, -0.15) is 0 Å². The van der Waals surface area contributed by atoms with Gasteiger partial charge in [-0.25, -0.2) is 0 Å². The zero-order valence-corrected chi connectivity index (χ0v) is 12.3. The SMILES string of the molecule is COCCOCCC(=O)CC1CCCc2ccccc21. The van der Waals surface area contributed by atoms with Gasteiger partial charge in [0.25, 0.3) is 0 Å². The summed E-state index contributed by atoms with van der Waals surface area (Å²) in [5, 5.41) is 0. The first-order valence-electron chi connectivity index (χ1n) is 7.47. The molecule has 3 nitrogen and oxygen atoms in total. The molecule has 0 radical (unpaired) electrons. The molecular weight excluding hydrogens is 252 g/mol. The Balaban J connectivity index is 1.78. The maximum atomic E-state index is 12.0. The minimum absolute atomic E-state index is 0.309. The first-order chi connectivity index (χ1) is 9.81. The van der Waals surface area contributed by atoms with Crippen LogP contribution in [-0.2, 0) is 20.7 Å². The second kappa shape index (κ2) is 8.18. The van der Waals surface area contributed by atoms with Gasteiger partial charge < -0.3 is 9.47 Å². The molecule has 0 spiro atoms. The van der Waals surface area contributed by atoms with Gasteiger partial charge in [0.05, 0.1) is 19.8 Å². The maximum absolute atomic E-state index is 12.0. The van der Waals surface area contributed by atoms with E-state index in [9.17, 15) is 4.79 Å². The fraction of sp³-hybridized carbons (Fsp3) is 0.588. The van der Waals surface area contributed by atoms with E-state index in [4.69, 9.17) is 9.47 Å². The van der Waals surface area contributed by atoms with Crippen molar-refractivity contribution in [2.24, 2.45) is 0 Å². The highest BCUT2D eigenvalue weighted by atomic mass is 16.5. The van der Waals surface area contributed by atoms with Gasteiger partial charge in [0.2, 0.25) is 0 Å². The molecule has 0 bridgehead atoms. The van der Waals surface area contributed by atoms with Crippen LogP contribution in [0.2, 0.25) is 0 Å². The third-order valence-corrected chi connectivity index (χ3v) is 3.92. The van der Waals surface area contributed by atoms with Crippen LogP contribution in [0.25, 0.3) is 0 Å². The maximum Gasteiger partial charge on any atom is 0.135 e. The van der Waals surface area contributed by atoms with E-state index in [1.54, 1.807) is 7.11 Å². The zero-order chi connectivity index (χ0) is 14.2. The Morgan fingerprint density at radius 1 is 1.25 bits per heavy atom. The molecule has 0 amide bonds. The molecule has 1 aromatic carbocycles. The van der Waals surface area contributed by atoms with Crippen molar-refractivity contribution < 1.29 is 14.3 Å². The number of rotatable bonds is 8. The van der Waals surface area contributed by atoms with E-state index in [0.717, 1.165) is 12.8 Å². The smallest absolute Gasteiger partial charge is 0.135 e. The fourth-order valence-corrected chi connectivity index (χ4v) is 2.87. The molecule has 1 aliphatic carbocycles. The van der Waals surface area contributed by atoms with Crippen molar-refractivity contribution in [1.82, 2.24) is 0 Å². The predicted molar refractivity (Wildman–Crippen MR) is 79.1 cm³/mol. The molecule has 1 atom stereocenters. The lowest BCUT2D eigenvalue weighted by molar-refractivity contribution is -0.120. The summed E-state index contributed by atoms with van der Waals surface area (Å²) >= 11 is 0. The van der Waals surface area contributed by atoms with E-state index in [1.165, 1.54) is 17.5 Å². The molecule has 0 heterocycles. The molecule has 1 aromatic rings. The molecule has 110 valence electrons. The molecular formula is C17H24O3. The van der Waals surface area contributed by atoms with Crippen LogP contribution in [0, 0.1) is 0 Å². The lowest BCUT2D eigenvalue weighted by Crippen LogP contribution is -2.15. The standard InChI is InChI=1S/C17H24O3/c1-19-11-12-20-10-9-16(18)13-15-7-4-6-14-5-2-3-8-17(14)15/h2-3,5,8,15H,4,6-7,9-13H2,1H3. The minimum atomic E-state index is 0.309. The highest BCUT2D eigenvalue weighted by Gasteiger charge is 2.21. The van der Waals surface area contributed by atoms with Crippen molar-refractivity contribution in [2.45, 2.75) is 38.0 Å². The van der Waals surface area contributed by atoms with Crippen LogP contribution in [-0.4, -0.2) is 32.7 Å². The number of aryl methyl sites for hydroxylation is 1. The minimum Gasteiger partial charge on any atom is -0.382 e. The van der Waals surface area contributed by atoms with Gasteiger partial charge >= 0.3 is 0 Å². The third-order valence-electron chi connectivity index (χ3n) is 3.92. The van der Waals surface area contributed by atoms with Crippen LogP contribution in [0.4, 0.5) is 0 Å². The molecule has 0 aliphatic heterocycles. The van der Waals surface area contributed by atoms with E-state index in [1.807, 2.05) is 0 Å². The number of hydrogen-bond acceptors (Lipinski definition) is 3. The summed E-state index contributed by atoms with van der Waals surface area (Å²) in [7, 11) is 1.65. The van der Waals surface area contributed by atoms with Crippen molar-refractivity contribution in [3.8, 4) is 0 Å². The molecule has 0 saturated carbocycles. The van der Waals surface area contributed by atoms with E-state index < -0.39 is 0 Å². The summed E-state index contributed by atoms with van der Waals surface area (Å²) in [6.45, 7) is 1.66. The molecule has 20 heavy (non-hydrogen) atoms. The number of fused-ring (bicyclic) bond motifs is 1.